The van der Waals surface area contributed by atoms with Crippen molar-refractivity contribution in [1.82, 2.24) is 20.2 Å². The maximum atomic E-state index is 12.0. The van der Waals surface area contributed by atoms with Gasteiger partial charge in [-0.1, -0.05) is 12.1 Å². The third-order valence-electron chi connectivity index (χ3n) is 3.57. The topological polar surface area (TPSA) is 123 Å². The van der Waals surface area contributed by atoms with E-state index in [0.717, 1.165) is 5.56 Å². The first-order chi connectivity index (χ1) is 13.2. The molecule has 0 aliphatic rings. The number of nitrogens with zero attached hydrogens (tertiary/aromatic N) is 5. The second-order valence-corrected chi connectivity index (χ2v) is 5.46. The van der Waals surface area contributed by atoms with Crippen LogP contribution in [0.2, 0.25) is 0 Å². The molecule has 0 atom stereocenters. The summed E-state index contributed by atoms with van der Waals surface area (Å²) in [5, 5.41) is 22.1. The maximum Gasteiger partial charge on any atom is 0.338 e. The summed E-state index contributed by atoms with van der Waals surface area (Å²) in [6.07, 6.45) is 1.74. The molecule has 0 saturated carbocycles. The minimum absolute atomic E-state index is 0.304. The van der Waals surface area contributed by atoms with Crippen LogP contribution in [0.5, 0.6) is 0 Å². The lowest BCUT2D eigenvalue weighted by molar-refractivity contribution is -0.119. The molecule has 0 radical (unpaired) electrons. The van der Waals surface area contributed by atoms with Gasteiger partial charge in [0.05, 0.1) is 23.7 Å². The van der Waals surface area contributed by atoms with Crippen molar-refractivity contribution in [3.05, 3.63) is 66.0 Å². The average molecular weight is 362 g/mol. The van der Waals surface area contributed by atoms with E-state index >= 15 is 0 Å². The molecule has 1 N–H and O–H groups in total. The quantitative estimate of drug-likeness (QED) is 0.660. The highest BCUT2D eigenvalue weighted by Crippen LogP contribution is 2.11. The number of aromatic nitrogens is 4. The first kappa shape index (κ1) is 17.8. The Labute approximate surface area is 154 Å². The van der Waals surface area contributed by atoms with Crippen LogP contribution in [-0.4, -0.2) is 38.7 Å². The SMILES string of the molecule is N#CCc1ccc(NC(=O)COC(=O)c2ccc(-n3cnnn3)cc2)cc1. The Bertz CT molecular complexity index is 960. The van der Waals surface area contributed by atoms with Gasteiger partial charge >= 0.3 is 5.97 Å². The van der Waals surface area contributed by atoms with Crippen molar-refractivity contribution in [3.63, 3.8) is 0 Å². The van der Waals surface area contributed by atoms with E-state index in [1.54, 1.807) is 48.5 Å². The van der Waals surface area contributed by atoms with Gasteiger partial charge in [0.25, 0.3) is 5.91 Å². The average Bonchev–Trinajstić information content (AvgIpc) is 3.23. The van der Waals surface area contributed by atoms with E-state index in [2.05, 4.69) is 20.8 Å². The van der Waals surface area contributed by atoms with E-state index in [1.807, 2.05) is 6.07 Å². The van der Waals surface area contributed by atoms with Crippen LogP contribution in [0.4, 0.5) is 5.69 Å². The zero-order valence-corrected chi connectivity index (χ0v) is 14.1. The van der Waals surface area contributed by atoms with Crippen molar-refractivity contribution in [1.29, 1.82) is 5.26 Å². The Morgan fingerprint density at radius 3 is 2.48 bits per heavy atom. The lowest BCUT2D eigenvalue weighted by atomic mass is 10.1. The third kappa shape index (κ3) is 4.73. The smallest absolute Gasteiger partial charge is 0.338 e. The van der Waals surface area contributed by atoms with Crippen LogP contribution in [0.1, 0.15) is 15.9 Å². The van der Waals surface area contributed by atoms with Crippen LogP contribution >= 0.6 is 0 Å². The summed E-state index contributed by atoms with van der Waals surface area (Å²) in [5.74, 6) is -1.07. The lowest BCUT2D eigenvalue weighted by Gasteiger charge is -2.07. The van der Waals surface area contributed by atoms with E-state index in [9.17, 15) is 9.59 Å². The minimum atomic E-state index is -0.613. The van der Waals surface area contributed by atoms with Crippen molar-refractivity contribution in [2.75, 3.05) is 11.9 Å². The summed E-state index contributed by atoms with van der Waals surface area (Å²) >= 11 is 0. The van der Waals surface area contributed by atoms with Crippen molar-refractivity contribution in [3.8, 4) is 11.8 Å². The lowest BCUT2D eigenvalue weighted by Crippen LogP contribution is -2.20. The first-order valence-electron chi connectivity index (χ1n) is 7.92. The predicted octanol–water partition coefficient (Wildman–Crippen LogP) is 1.52. The highest BCUT2D eigenvalue weighted by Gasteiger charge is 2.11. The third-order valence-corrected chi connectivity index (χ3v) is 3.57. The number of hydrogen-bond acceptors (Lipinski definition) is 7. The van der Waals surface area contributed by atoms with Crippen LogP contribution in [0.15, 0.2) is 54.9 Å². The molecule has 3 aromatic rings. The monoisotopic (exact) mass is 362 g/mol. The van der Waals surface area contributed by atoms with Crippen molar-refractivity contribution in [2.45, 2.75) is 6.42 Å². The second-order valence-electron chi connectivity index (χ2n) is 5.46. The molecule has 134 valence electrons. The number of carbonyl (C=O) groups is 2. The zero-order chi connectivity index (χ0) is 19.1. The number of nitriles is 1. The molecule has 1 amide bonds. The van der Waals surface area contributed by atoms with Gasteiger partial charge in [-0.25, -0.2) is 9.48 Å². The highest BCUT2D eigenvalue weighted by atomic mass is 16.5. The highest BCUT2D eigenvalue weighted by molar-refractivity contribution is 5.95. The van der Waals surface area contributed by atoms with E-state index < -0.39 is 18.5 Å². The fourth-order valence-electron chi connectivity index (χ4n) is 2.24. The van der Waals surface area contributed by atoms with Crippen LogP contribution in [0.25, 0.3) is 5.69 Å². The van der Waals surface area contributed by atoms with E-state index in [0.29, 0.717) is 23.4 Å². The Morgan fingerprint density at radius 1 is 1.11 bits per heavy atom. The summed E-state index contributed by atoms with van der Waals surface area (Å²) < 4.78 is 6.46. The fraction of sp³-hybridized carbons (Fsp3) is 0.111. The van der Waals surface area contributed by atoms with Gasteiger partial charge in [-0.3, -0.25) is 4.79 Å². The van der Waals surface area contributed by atoms with Crippen molar-refractivity contribution in [2.24, 2.45) is 0 Å². The van der Waals surface area contributed by atoms with Gasteiger partial charge in [0.1, 0.15) is 6.33 Å². The molecule has 0 saturated heterocycles. The van der Waals surface area contributed by atoms with Gasteiger partial charge < -0.3 is 10.1 Å². The molecule has 27 heavy (non-hydrogen) atoms. The molecule has 0 spiro atoms. The molecule has 1 heterocycles. The van der Waals surface area contributed by atoms with E-state index in [-0.39, 0.29) is 0 Å². The summed E-state index contributed by atoms with van der Waals surface area (Å²) in [7, 11) is 0. The van der Waals surface area contributed by atoms with Crippen molar-refractivity contribution >= 4 is 17.6 Å². The molecule has 0 bridgehead atoms. The van der Waals surface area contributed by atoms with E-state index in [1.165, 1.54) is 11.0 Å². The van der Waals surface area contributed by atoms with Crippen LogP contribution in [0, 0.1) is 11.3 Å². The molecule has 2 aromatic carbocycles. The van der Waals surface area contributed by atoms with E-state index in [4.69, 9.17) is 10.00 Å². The standard InChI is InChI=1S/C18H14N6O3/c19-10-9-13-1-5-15(6-2-13)21-17(25)11-27-18(26)14-3-7-16(8-4-14)24-12-20-22-23-24/h1-8,12H,9,11H2,(H,21,25). The van der Waals surface area contributed by atoms with Crippen LogP contribution in [-0.2, 0) is 16.0 Å². The fourth-order valence-corrected chi connectivity index (χ4v) is 2.24. The van der Waals surface area contributed by atoms with Gasteiger partial charge in [-0.05, 0) is 52.4 Å². The zero-order valence-electron chi connectivity index (χ0n) is 14.1. The Kier molecular flexibility index (Phi) is 5.49. The number of amides is 1. The van der Waals surface area contributed by atoms with Gasteiger partial charge in [0.2, 0.25) is 0 Å². The number of tetrazole rings is 1. The van der Waals surface area contributed by atoms with Gasteiger partial charge in [-0.15, -0.1) is 5.10 Å². The molecular weight excluding hydrogens is 348 g/mol. The number of rotatable bonds is 6. The molecule has 1 aromatic heterocycles. The normalized spacial score (nSPS) is 10.0. The molecule has 3 rings (SSSR count). The number of benzene rings is 2. The predicted molar refractivity (Wildman–Crippen MR) is 93.8 cm³/mol. The number of carbonyl (C=O) groups excluding carboxylic acids is 2. The van der Waals surface area contributed by atoms with Crippen LogP contribution < -0.4 is 5.32 Å². The van der Waals surface area contributed by atoms with Crippen molar-refractivity contribution < 1.29 is 14.3 Å². The molecular formula is C18H14N6O3. The first-order valence-corrected chi connectivity index (χ1v) is 7.92. The summed E-state index contributed by atoms with van der Waals surface area (Å²) in [6.45, 7) is -0.409. The van der Waals surface area contributed by atoms with Gasteiger partial charge in [-0.2, -0.15) is 5.26 Å². The van der Waals surface area contributed by atoms with Gasteiger partial charge in [0.15, 0.2) is 6.61 Å². The van der Waals surface area contributed by atoms with Crippen LogP contribution in [0.3, 0.4) is 0 Å². The number of anilines is 1. The molecule has 0 unspecified atom stereocenters. The molecule has 9 nitrogen and oxygen atoms in total. The molecule has 9 heteroatoms. The molecule has 0 aliphatic carbocycles. The Balaban J connectivity index is 1.51. The summed E-state index contributed by atoms with van der Waals surface area (Å²) in [6, 6.07) is 15.4. The Hall–Kier alpha value is -4.06. The molecule has 0 aliphatic heterocycles. The maximum absolute atomic E-state index is 12.0. The number of ether oxygens (including phenoxy) is 1. The summed E-state index contributed by atoms with van der Waals surface area (Å²) in [5.41, 5.74) is 2.41. The summed E-state index contributed by atoms with van der Waals surface area (Å²) in [4.78, 5) is 23.9. The number of hydrogen-bond donors (Lipinski definition) is 1. The minimum Gasteiger partial charge on any atom is -0.452 e. The number of nitrogens with one attached hydrogen (secondary N) is 1. The Morgan fingerprint density at radius 2 is 1.85 bits per heavy atom. The largest absolute Gasteiger partial charge is 0.452 e. The molecule has 0 fully saturated rings. The van der Waals surface area contributed by atoms with Gasteiger partial charge in [0, 0.05) is 5.69 Å². The number of esters is 1. The second kappa shape index (κ2) is 8.35.